The van der Waals surface area contributed by atoms with Gasteiger partial charge in [0.1, 0.15) is 22.8 Å². The van der Waals surface area contributed by atoms with Crippen LogP contribution in [0.5, 0.6) is 51.7 Å². The van der Waals surface area contributed by atoms with Crippen LogP contribution < -0.4 is 9.47 Å². The van der Waals surface area contributed by atoms with Gasteiger partial charge in [0.2, 0.25) is 11.5 Å². The average molecular weight is 472 g/mol. The van der Waals surface area contributed by atoms with Gasteiger partial charge in [0.25, 0.3) is 0 Å². The number of aliphatic hydroxyl groups excluding tert-OH is 1. The van der Waals surface area contributed by atoms with Crippen molar-refractivity contribution in [1.82, 2.24) is 0 Å². The van der Waals surface area contributed by atoms with Crippen LogP contribution in [0, 0.1) is 0 Å². The van der Waals surface area contributed by atoms with Crippen molar-refractivity contribution in [3.63, 3.8) is 0 Å². The number of esters is 1. The summed E-state index contributed by atoms with van der Waals surface area (Å²) in [5.41, 5.74) is -0.909. The second kappa shape index (κ2) is 7.94. The Kier molecular flexibility index (Phi) is 5.22. The number of phenols is 7. The lowest BCUT2D eigenvalue weighted by Crippen LogP contribution is -2.36. The Labute approximate surface area is 189 Å². The second-order valence-electron chi connectivity index (χ2n) is 7.33. The number of Topliss-reactive ketones (excluding diaryl/α,β-unsaturated/α-hetero) is 1. The number of aromatic hydroxyl groups is 7. The molecule has 2 atom stereocenters. The Morgan fingerprint density at radius 2 is 1.38 bits per heavy atom. The quantitative estimate of drug-likeness (QED) is 0.155. The molecule has 176 valence electrons. The largest absolute Gasteiger partial charge is 0.508 e. The van der Waals surface area contributed by atoms with Gasteiger partial charge in [0.15, 0.2) is 41.0 Å². The molecule has 0 amide bonds. The number of hydrogen-bond acceptors (Lipinski definition) is 12. The number of benzene rings is 3. The highest BCUT2D eigenvalue weighted by Crippen LogP contribution is 2.45. The van der Waals surface area contributed by atoms with E-state index in [1.807, 2.05) is 0 Å². The normalized spacial score (nSPS) is 17.0. The first-order chi connectivity index (χ1) is 16.0. The third kappa shape index (κ3) is 3.67. The number of hydrogen-bond donors (Lipinski definition) is 8. The maximum Gasteiger partial charge on any atom is 0.344 e. The van der Waals surface area contributed by atoms with Crippen LogP contribution in [-0.2, 0) is 0 Å². The molecular weight excluding hydrogens is 456 g/mol. The number of aliphatic hydroxyl groups is 1. The molecule has 0 saturated carbocycles. The summed E-state index contributed by atoms with van der Waals surface area (Å²) < 4.78 is 10.4. The van der Waals surface area contributed by atoms with Crippen LogP contribution in [0.4, 0.5) is 0 Å². The predicted molar refractivity (Wildman–Crippen MR) is 110 cm³/mol. The van der Waals surface area contributed by atoms with Crippen molar-refractivity contribution in [1.29, 1.82) is 0 Å². The third-order valence-corrected chi connectivity index (χ3v) is 5.02. The summed E-state index contributed by atoms with van der Waals surface area (Å²) in [7, 11) is 0. The minimum Gasteiger partial charge on any atom is -0.508 e. The smallest absolute Gasteiger partial charge is 0.344 e. The Hall–Kier alpha value is -4.84. The summed E-state index contributed by atoms with van der Waals surface area (Å²) >= 11 is 0. The lowest BCUT2D eigenvalue weighted by atomic mass is 9.92. The Bertz CT molecular complexity index is 1300. The summed E-state index contributed by atoms with van der Waals surface area (Å²) in [6, 6.07) is 5.34. The van der Waals surface area contributed by atoms with E-state index in [1.165, 1.54) is 0 Å². The fourth-order valence-corrected chi connectivity index (χ4v) is 3.43. The van der Waals surface area contributed by atoms with Crippen molar-refractivity contribution < 1.29 is 59.9 Å². The van der Waals surface area contributed by atoms with E-state index in [1.54, 1.807) is 0 Å². The van der Waals surface area contributed by atoms with Gasteiger partial charge in [-0.25, -0.2) is 4.79 Å². The van der Waals surface area contributed by atoms with Crippen molar-refractivity contribution in [2.75, 3.05) is 0 Å². The standard InChI is InChI=1S/C22H16O12/c23-9-5-10(24)16-15(6-9)33-20(19(31)18(16)30)7-1-13(27)21(14(28)2-7)34-22(32)8-3-11(25)17(29)12(26)4-8/h1-6,19-20,23-29,31H. The monoisotopic (exact) mass is 472 g/mol. The van der Waals surface area contributed by atoms with Gasteiger partial charge < -0.3 is 50.3 Å². The van der Waals surface area contributed by atoms with Crippen molar-refractivity contribution in [3.8, 4) is 51.7 Å². The molecule has 0 saturated heterocycles. The van der Waals surface area contributed by atoms with E-state index < -0.39 is 75.5 Å². The zero-order chi connectivity index (χ0) is 24.9. The molecule has 0 spiro atoms. The van der Waals surface area contributed by atoms with Gasteiger partial charge >= 0.3 is 5.97 Å². The van der Waals surface area contributed by atoms with Gasteiger partial charge in [-0.05, 0) is 24.3 Å². The van der Waals surface area contributed by atoms with Gasteiger partial charge in [-0.15, -0.1) is 0 Å². The van der Waals surface area contributed by atoms with Crippen LogP contribution >= 0.6 is 0 Å². The number of carbonyl (C=O) groups excluding carboxylic acids is 2. The first kappa shape index (κ1) is 22.4. The third-order valence-electron chi connectivity index (χ3n) is 5.02. The zero-order valence-electron chi connectivity index (χ0n) is 16.8. The van der Waals surface area contributed by atoms with Crippen LogP contribution in [0.2, 0.25) is 0 Å². The summed E-state index contributed by atoms with van der Waals surface area (Å²) in [5, 5.41) is 78.9. The first-order valence-corrected chi connectivity index (χ1v) is 9.45. The molecule has 1 aliphatic heterocycles. The lowest BCUT2D eigenvalue weighted by Gasteiger charge is -2.30. The minimum atomic E-state index is -1.86. The van der Waals surface area contributed by atoms with Crippen LogP contribution in [-0.4, -0.2) is 58.7 Å². The van der Waals surface area contributed by atoms with E-state index in [-0.39, 0.29) is 16.9 Å². The van der Waals surface area contributed by atoms with E-state index in [4.69, 9.17) is 9.47 Å². The maximum absolute atomic E-state index is 12.5. The van der Waals surface area contributed by atoms with Gasteiger partial charge in [0, 0.05) is 17.7 Å². The van der Waals surface area contributed by atoms with Gasteiger partial charge in [-0.3, -0.25) is 4.79 Å². The molecule has 2 unspecified atom stereocenters. The molecule has 12 nitrogen and oxygen atoms in total. The topological polar surface area (TPSA) is 214 Å². The molecule has 3 aromatic carbocycles. The molecular formula is C22H16O12. The summed E-state index contributed by atoms with van der Waals surface area (Å²) in [6.45, 7) is 0. The van der Waals surface area contributed by atoms with Crippen LogP contribution in [0.1, 0.15) is 32.4 Å². The number of fused-ring (bicyclic) bond motifs is 1. The average Bonchev–Trinajstić information content (AvgIpc) is 2.75. The molecule has 4 rings (SSSR count). The molecule has 12 heteroatoms. The summed E-state index contributed by atoms with van der Waals surface area (Å²) in [5.74, 6) is -8.29. The fraction of sp³-hybridized carbons (Fsp3) is 0.0909. The van der Waals surface area contributed by atoms with Crippen molar-refractivity contribution in [3.05, 3.63) is 53.1 Å². The maximum atomic E-state index is 12.5. The molecule has 0 bridgehead atoms. The zero-order valence-corrected chi connectivity index (χ0v) is 16.8. The molecule has 1 aliphatic rings. The second-order valence-corrected chi connectivity index (χ2v) is 7.33. The molecule has 1 heterocycles. The molecule has 34 heavy (non-hydrogen) atoms. The van der Waals surface area contributed by atoms with Gasteiger partial charge in [0.05, 0.1) is 5.56 Å². The first-order valence-electron chi connectivity index (χ1n) is 9.45. The molecule has 0 aliphatic carbocycles. The van der Waals surface area contributed by atoms with Crippen molar-refractivity contribution in [2.24, 2.45) is 0 Å². The number of carbonyl (C=O) groups is 2. The van der Waals surface area contributed by atoms with Crippen molar-refractivity contribution >= 4 is 11.8 Å². The molecule has 0 aromatic heterocycles. The highest BCUT2D eigenvalue weighted by Gasteiger charge is 2.40. The van der Waals surface area contributed by atoms with E-state index in [2.05, 4.69) is 0 Å². The highest BCUT2D eigenvalue weighted by atomic mass is 16.5. The molecule has 0 fully saturated rings. The van der Waals surface area contributed by atoms with Crippen LogP contribution in [0.15, 0.2) is 36.4 Å². The Balaban J connectivity index is 1.65. The minimum absolute atomic E-state index is 0.121. The lowest BCUT2D eigenvalue weighted by molar-refractivity contribution is 0.0209. The Morgan fingerprint density at radius 1 is 0.794 bits per heavy atom. The summed E-state index contributed by atoms with van der Waals surface area (Å²) in [6.07, 6.45) is -3.34. The molecule has 0 radical (unpaired) electrons. The molecule has 8 N–H and O–H groups in total. The Morgan fingerprint density at radius 3 is 1.97 bits per heavy atom. The van der Waals surface area contributed by atoms with Crippen molar-refractivity contribution in [2.45, 2.75) is 12.2 Å². The predicted octanol–water partition coefficient (Wildman–Crippen LogP) is 1.52. The number of ketones is 1. The van der Waals surface area contributed by atoms with E-state index >= 15 is 0 Å². The number of rotatable bonds is 3. The van der Waals surface area contributed by atoms with E-state index in [9.17, 15) is 50.4 Å². The highest BCUT2D eigenvalue weighted by molar-refractivity contribution is 6.05. The molecule has 3 aromatic rings. The van der Waals surface area contributed by atoms with Gasteiger partial charge in [-0.1, -0.05) is 0 Å². The van der Waals surface area contributed by atoms with Gasteiger partial charge in [-0.2, -0.15) is 0 Å². The SMILES string of the molecule is O=C(Oc1c(O)cc(C2Oc3cc(O)cc(O)c3C(=O)C2O)cc1O)c1cc(O)c(O)c(O)c1. The fourth-order valence-electron chi connectivity index (χ4n) is 3.43. The van der Waals surface area contributed by atoms with E-state index in [0.29, 0.717) is 0 Å². The summed E-state index contributed by atoms with van der Waals surface area (Å²) in [4.78, 5) is 24.8. The van der Waals surface area contributed by atoms with E-state index in [0.717, 1.165) is 36.4 Å². The van der Waals surface area contributed by atoms with Crippen LogP contribution in [0.25, 0.3) is 0 Å². The number of ether oxygens (including phenoxy) is 2. The number of phenolic OH excluding ortho intramolecular Hbond substituents is 7. The van der Waals surface area contributed by atoms with Crippen LogP contribution in [0.3, 0.4) is 0 Å².